The number of sulfonamides is 1. The van der Waals surface area contributed by atoms with E-state index < -0.39 is 10.0 Å². The highest BCUT2D eigenvalue weighted by Crippen LogP contribution is 2.19. The van der Waals surface area contributed by atoms with Crippen LogP contribution in [0.25, 0.3) is 0 Å². The Morgan fingerprint density at radius 1 is 1.20 bits per heavy atom. The van der Waals surface area contributed by atoms with Gasteiger partial charge in [0.1, 0.15) is 4.90 Å². The lowest BCUT2D eigenvalue weighted by molar-refractivity contribution is -0.130. The molecule has 0 atom stereocenters. The molecule has 6 nitrogen and oxygen atoms in total. The van der Waals surface area contributed by atoms with Gasteiger partial charge in [0.15, 0.2) is 0 Å². The van der Waals surface area contributed by atoms with E-state index in [-0.39, 0.29) is 17.3 Å². The maximum Gasteiger partial charge on any atom is 0.241 e. The number of anilines is 1. The standard InChI is InChI=1S/C13H19N3O3S/c14-20(18,19)12-7-3-2-6-11(12)15-10-13(17)16-8-4-1-5-9-16/h2-3,6-7,15H,1,4-5,8-10H2,(H2,14,18,19). The number of para-hydroxylation sites is 1. The first kappa shape index (κ1) is 14.8. The molecule has 7 heteroatoms. The maximum absolute atomic E-state index is 12.0. The van der Waals surface area contributed by atoms with Crippen molar-refractivity contribution < 1.29 is 13.2 Å². The minimum absolute atomic E-state index is 0.00597. The Morgan fingerprint density at radius 3 is 2.50 bits per heavy atom. The summed E-state index contributed by atoms with van der Waals surface area (Å²) in [4.78, 5) is 13.8. The molecule has 0 spiro atoms. The number of hydrogen-bond acceptors (Lipinski definition) is 4. The SMILES string of the molecule is NS(=O)(=O)c1ccccc1NCC(=O)N1CCCCC1. The fourth-order valence-corrected chi connectivity index (χ4v) is 3.00. The second kappa shape index (κ2) is 6.23. The molecule has 0 radical (unpaired) electrons. The lowest BCUT2D eigenvalue weighted by atomic mass is 10.1. The third-order valence-corrected chi connectivity index (χ3v) is 4.30. The number of carbonyl (C=O) groups excluding carboxylic acids is 1. The molecular weight excluding hydrogens is 278 g/mol. The first-order valence-electron chi connectivity index (χ1n) is 6.62. The molecule has 20 heavy (non-hydrogen) atoms. The Kier molecular flexibility index (Phi) is 4.61. The van der Waals surface area contributed by atoms with Crippen molar-refractivity contribution in [3.8, 4) is 0 Å². The summed E-state index contributed by atoms with van der Waals surface area (Å²) in [5, 5.41) is 8.01. The Balaban J connectivity index is 2.02. The molecule has 0 unspecified atom stereocenters. The molecule has 3 N–H and O–H groups in total. The van der Waals surface area contributed by atoms with Gasteiger partial charge in [-0.05, 0) is 31.4 Å². The van der Waals surface area contributed by atoms with Gasteiger partial charge in [-0.15, -0.1) is 0 Å². The minimum Gasteiger partial charge on any atom is -0.375 e. The Morgan fingerprint density at radius 2 is 1.85 bits per heavy atom. The van der Waals surface area contributed by atoms with Crippen LogP contribution in [0.5, 0.6) is 0 Å². The van der Waals surface area contributed by atoms with Gasteiger partial charge in [-0.1, -0.05) is 12.1 Å². The van der Waals surface area contributed by atoms with Crippen LogP contribution in [0.3, 0.4) is 0 Å². The number of carbonyl (C=O) groups is 1. The van der Waals surface area contributed by atoms with Crippen molar-refractivity contribution in [1.29, 1.82) is 0 Å². The van der Waals surface area contributed by atoms with Crippen LogP contribution in [-0.4, -0.2) is 38.9 Å². The van der Waals surface area contributed by atoms with Crippen LogP contribution in [0.1, 0.15) is 19.3 Å². The second-order valence-electron chi connectivity index (χ2n) is 4.84. The predicted octanol–water partition coefficient (Wildman–Crippen LogP) is 0.758. The molecule has 1 aliphatic rings. The average Bonchev–Trinajstić information content (AvgIpc) is 2.45. The number of benzene rings is 1. The summed E-state index contributed by atoms with van der Waals surface area (Å²) in [6.45, 7) is 1.63. The van der Waals surface area contributed by atoms with E-state index in [1.807, 2.05) is 0 Å². The Labute approximate surface area is 119 Å². The van der Waals surface area contributed by atoms with Crippen molar-refractivity contribution in [1.82, 2.24) is 4.90 Å². The van der Waals surface area contributed by atoms with E-state index in [2.05, 4.69) is 5.32 Å². The van der Waals surface area contributed by atoms with Crippen LogP contribution in [-0.2, 0) is 14.8 Å². The van der Waals surface area contributed by atoms with Gasteiger partial charge in [-0.3, -0.25) is 4.79 Å². The summed E-state index contributed by atoms with van der Waals surface area (Å²) in [5.41, 5.74) is 0.361. The van der Waals surface area contributed by atoms with Crippen molar-refractivity contribution in [2.75, 3.05) is 25.0 Å². The number of amides is 1. The van der Waals surface area contributed by atoms with Gasteiger partial charge in [0.2, 0.25) is 15.9 Å². The lowest BCUT2D eigenvalue weighted by Crippen LogP contribution is -2.39. The van der Waals surface area contributed by atoms with Crippen molar-refractivity contribution in [3.63, 3.8) is 0 Å². The fraction of sp³-hybridized carbons (Fsp3) is 0.462. The quantitative estimate of drug-likeness (QED) is 0.858. The van der Waals surface area contributed by atoms with Crippen LogP contribution < -0.4 is 10.5 Å². The highest BCUT2D eigenvalue weighted by Gasteiger charge is 2.18. The fourth-order valence-electron chi connectivity index (χ4n) is 2.29. The molecule has 0 bridgehead atoms. The molecule has 1 heterocycles. The van der Waals surface area contributed by atoms with Gasteiger partial charge < -0.3 is 10.2 Å². The van der Waals surface area contributed by atoms with Crippen LogP contribution in [0.15, 0.2) is 29.2 Å². The zero-order chi connectivity index (χ0) is 14.6. The number of hydrogen-bond donors (Lipinski definition) is 2. The van der Waals surface area contributed by atoms with E-state index in [9.17, 15) is 13.2 Å². The molecule has 1 aliphatic heterocycles. The third-order valence-electron chi connectivity index (χ3n) is 3.33. The van der Waals surface area contributed by atoms with E-state index in [0.29, 0.717) is 5.69 Å². The number of nitrogens with two attached hydrogens (primary N) is 1. The van der Waals surface area contributed by atoms with E-state index >= 15 is 0 Å². The van der Waals surface area contributed by atoms with Crippen LogP contribution in [0, 0.1) is 0 Å². The largest absolute Gasteiger partial charge is 0.375 e. The second-order valence-corrected chi connectivity index (χ2v) is 6.37. The Hall–Kier alpha value is -1.60. The molecule has 1 fully saturated rings. The number of likely N-dealkylation sites (tertiary alicyclic amines) is 1. The summed E-state index contributed by atoms with van der Waals surface area (Å²) in [7, 11) is -3.79. The summed E-state index contributed by atoms with van der Waals surface area (Å²) in [6.07, 6.45) is 3.21. The Bertz CT molecular complexity index is 580. The van der Waals surface area contributed by atoms with Gasteiger partial charge in [-0.25, -0.2) is 13.6 Å². The normalized spacial score (nSPS) is 15.9. The zero-order valence-electron chi connectivity index (χ0n) is 11.2. The molecular formula is C13H19N3O3S. The first-order chi connectivity index (χ1) is 9.48. The molecule has 0 aliphatic carbocycles. The van der Waals surface area contributed by atoms with Gasteiger partial charge in [-0.2, -0.15) is 0 Å². The topological polar surface area (TPSA) is 92.5 Å². The lowest BCUT2D eigenvalue weighted by Gasteiger charge is -2.27. The van der Waals surface area contributed by atoms with Gasteiger partial charge in [0, 0.05) is 13.1 Å². The van der Waals surface area contributed by atoms with Crippen LogP contribution in [0.4, 0.5) is 5.69 Å². The van der Waals surface area contributed by atoms with Crippen LogP contribution in [0.2, 0.25) is 0 Å². The molecule has 2 rings (SSSR count). The number of rotatable bonds is 4. The van der Waals surface area contributed by atoms with Crippen molar-refractivity contribution in [3.05, 3.63) is 24.3 Å². The molecule has 0 aromatic heterocycles. The molecule has 1 aromatic rings. The minimum atomic E-state index is -3.79. The molecule has 1 amide bonds. The maximum atomic E-state index is 12.0. The monoisotopic (exact) mass is 297 g/mol. The van der Waals surface area contributed by atoms with Crippen molar-refractivity contribution in [2.45, 2.75) is 24.2 Å². The average molecular weight is 297 g/mol. The highest BCUT2D eigenvalue weighted by molar-refractivity contribution is 7.89. The van der Waals surface area contributed by atoms with Crippen LogP contribution >= 0.6 is 0 Å². The number of nitrogens with one attached hydrogen (secondary N) is 1. The summed E-state index contributed by atoms with van der Waals surface area (Å²) in [6, 6.07) is 6.31. The zero-order valence-corrected chi connectivity index (χ0v) is 12.0. The third kappa shape index (κ3) is 3.71. The van der Waals surface area contributed by atoms with E-state index in [1.165, 1.54) is 6.07 Å². The molecule has 0 saturated carbocycles. The van der Waals surface area contributed by atoms with E-state index in [4.69, 9.17) is 5.14 Å². The molecule has 1 saturated heterocycles. The van der Waals surface area contributed by atoms with Gasteiger partial charge in [0.05, 0.1) is 12.2 Å². The van der Waals surface area contributed by atoms with Gasteiger partial charge >= 0.3 is 0 Å². The number of nitrogens with zero attached hydrogens (tertiary/aromatic N) is 1. The van der Waals surface area contributed by atoms with Crippen molar-refractivity contribution in [2.24, 2.45) is 5.14 Å². The molecule has 1 aromatic carbocycles. The summed E-state index contributed by atoms with van der Waals surface area (Å²) >= 11 is 0. The van der Waals surface area contributed by atoms with Crippen molar-refractivity contribution >= 4 is 21.6 Å². The number of primary sulfonamides is 1. The number of piperidine rings is 1. The summed E-state index contributed by atoms with van der Waals surface area (Å²) < 4.78 is 22.9. The van der Waals surface area contributed by atoms with Gasteiger partial charge in [0.25, 0.3) is 0 Å². The summed E-state index contributed by atoms with van der Waals surface area (Å²) in [5.74, 6) is -0.0195. The predicted molar refractivity (Wildman–Crippen MR) is 76.7 cm³/mol. The molecule has 110 valence electrons. The smallest absolute Gasteiger partial charge is 0.241 e. The highest BCUT2D eigenvalue weighted by atomic mass is 32.2. The van der Waals surface area contributed by atoms with E-state index in [1.54, 1.807) is 23.1 Å². The first-order valence-corrected chi connectivity index (χ1v) is 8.16. The van der Waals surface area contributed by atoms with E-state index in [0.717, 1.165) is 32.4 Å².